The normalized spacial score (nSPS) is 11.0. The number of hydrogen-bond acceptors (Lipinski definition) is 4. The van der Waals surface area contributed by atoms with E-state index in [1.54, 1.807) is 0 Å². The third-order valence-corrected chi connectivity index (χ3v) is 6.70. The summed E-state index contributed by atoms with van der Waals surface area (Å²) >= 11 is 8.46. The average molecular weight is 538 g/mol. The van der Waals surface area contributed by atoms with Crippen molar-refractivity contribution in [2.45, 2.75) is 33.6 Å². The van der Waals surface area contributed by atoms with Crippen molar-refractivity contribution in [3.63, 3.8) is 0 Å². The molecule has 3 aromatic rings. The van der Waals surface area contributed by atoms with Gasteiger partial charge in [-0.2, -0.15) is 0 Å². The van der Waals surface area contributed by atoms with E-state index in [9.17, 15) is 4.79 Å². The number of aromatic nitrogens is 1. The molecule has 0 aliphatic heterocycles. The Morgan fingerprint density at radius 2 is 1.86 bits per heavy atom. The van der Waals surface area contributed by atoms with E-state index in [-0.39, 0.29) is 12.5 Å². The molecule has 0 atom stereocenters. The third kappa shape index (κ3) is 5.47. The first-order valence-corrected chi connectivity index (χ1v) is 11.6. The zero-order valence-electron chi connectivity index (χ0n) is 16.7. The molecular weight excluding hydrogens is 516 g/mol. The molecule has 4 nitrogen and oxygen atoms in total. The number of nitrogens with one attached hydrogen (secondary N) is 1. The van der Waals surface area contributed by atoms with Crippen molar-refractivity contribution in [2.24, 2.45) is 0 Å². The second-order valence-corrected chi connectivity index (χ2v) is 10.0. The molecule has 3 rings (SSSR count). The summed E-state index contributed by atoms with van der Waals surface area (Å²) in [6.45, 7) is 8.15. The van der Waals surface area contributed by atoms with Crippen LogP contribution in [0.4, 0.5) is 5.13 Å². The van der Waals surface area contributed by atoms with Crippen LogP contribution in [0, 0.1) is 13.8 Å². The molecule has 0 unspecified atom stereocenters. The Labute approximate surface area is 192 Å². The predicted octanol–water partition coefficient (Wildman–Crippen LogP) is 7.09. The molecule has 0 radical (unpaired) electrons. The van der Waals surface area contributed by atoms with Crippen LogP contribution in [0.5, 0.6) is 5.75 Å². The highest BCUT2D eigenvalue weighted by Gasteiger charge is 2.15. The van der Waals surface area contributed by atoms with Gasteiger partial charge in [0.15, 0.2) is 11.7 Å². The molecule has 29 heavy (non-hydrogen) atoms. The van der Waals surface area contributed by atoms with Gasteiger partial charge in [0.05, 0.1) is 5.69 Å². The molecule has 1 amide bonds. The lowest BCUT2D eigenvalue weighted by Gasteiger charge is -2.15. The summed E-state index contributed by atoms with van der Waals surface area (Å²) in [6.07, 6.45) is 0. The molecule has 1 N–H and O–H groups in total. The first-order chi connectivity index (χ1) is 13.7. The number of amides is 1. The van der Waals surface area contributed by atoms with E-state index in [2.05, 4.69) is 62.1 Å². The predicted molar refractivity (Wildman–Crippen MR) is 127 cm³/mol. The molecule has 1 heterocycles. The largest absolute Gasteiger partial charge is 0.483 e. The first kappa shape index (κ1) is 22.0. The van der Waals surface area contributed by atoms with Crippen molar-refractivity contribution in [2.75, 3.05) is 11.9 Å². The summed E-state index contributed by atoms with van der Waals surface area (Å²) in [4.78, 5) is 18.1. The average Bonchev–Trinajstić information content (AvgIpc) is 3.02. The fraction of sp³-hybridized carbons (Fsp3) is 0.273. The Hall–Kier alpha value is -1.70. The van der Waals surface area contributed by atoms with Gasteiger partial charge in [0.25, 0.3) is 5.91 Å². The van der Waals surface area contributed by atoms with Crippen molar-refractivity contribution in [1.29, 1.82) is 0 Å². The number of halogens is 2. The summed E-state index contributed by atoms with van der Waals surface area (Å²) in [7, 11) is 0. The minimum atomic E-state index is -0.226. The van der Waals surface area contributed by atoms with Crippen LogP contribution in [0.25, 0.3) is 11.3 Å². The summed E-state index contributed by atoms with van der Waals surface area (Å²) in [5.41, 5.74) is 4.03. The number of aryl methyl sites for hydroxylation is 2. The van der Waals surface area contributed by atoms with E-state index >= 15 is 0 Å². The third-order valence-electron chi connectivity index (χ3n) is 4.43. The summed E-state index contributed by atoms with van der Waals surface area (Å²) in [6, 6.07) is 12.0. The van der Waals surface area contributed by atoms with Gasteiger partial charge in [-0.3, -0.25) is 10.1 Å². The number of nitrogens with zero attached hydrogens (tertiary/aromatic N) is 1. The maximum absolute atomic E-state index is 12.4. The van der Waals surface area contributed by atoms with E-state index in [1.807, 2.05) is 44.2 Å². The Balaban J connectivity index is 1.69. The Morgan fingerprint density at radius 1 is 1.17 bits per heavy atom. The van der Waals surface area contributed by atoms with Crippen LogP contribution >= 0.6 is 43.2 Å². The van der Waals surface area contributed by atoms with Crippen molar-refractivity contribution in [3.05, 3.63) is 61.3 Å². The molecule has 0 fully saturated rings. The van der Waals surface area contributed by atoms with Crippen LogP contribution in [-0.2, 0) is 4.79 Å². The Morgan fingerprint density at radius 3 is 2.52 bits per heavy atom. The number of hydrogen-bond donors (Lipinski definition) is 1. The fourth-order valence-electron chi connectivity index (χ4n) is 2.87. The molecule has 0 aliphatic carbocycles. The SMILES string of the molecule is Cc1cc(OCC(=O)Nc2nc(-c3ccc(Br)cc3)c(C)s2)c(C(C)C)cc1Br. The topological polar surface area (TPSA) is 51.2 Å². The van der Waals surface area contributed by atoms with E-state index in [0.29, 0.717) is 11.0 Å². The van der Waals surface area contributed by atoms with Crippen molar-refractivity contribution in [1.82, 2.24) is 4.98 Å². The smallest absolute Gasteiger partial charge is 0.264 e. The summed E-state index contributed by atoms with van der Waals surface area (Å²) in [5.74, 6) is 0.804. The number of ether oxygens (including phenoxy) is 1. The Kier molecular flexibility index (Phi) is 7.14. The van der Waals surface area contributed by atoms with E-state index in [0.717, 1.165) is 42.0 Å². The van der Waals surface area contributed by atoms with Gasteiger partial charge in [-0.25, -0.2) is 4.98 Å². The molecular formula is C22H22Br2N2O2S. The zero-order chi connectivity index (χ0) is 21.1. The minimum absolute atomic E-state index is 0.0625. The van der Waals surface area contributed by atoms with E-state index in [1.165, 1.54) is 11.3 Å². The van der Waals surface area contributed by atoms with Gasteiger partial charge in [0.2, 0.25) is 0 Å². The van der Waals surface area contributed by atoms with Crippen LogP contribution in [0.2, 0.25) is 0 Å². The molecule has 0 spiro atoms. The molecule has 152 valence electrons. The van der Waals surface area contributed by atoms with E-state index in [4.69, 9.17) is 4.74 Å². The molecule has 0 saturated carbocycles. The summed E-state index contributed by atoms with van der Waals surface area (Å²) in [5, 5.41) is 3.43. The molecule has 7 heteroatoms. The number of anilines is 1. The Bertz CT molecular complexity index is 1030. The molecule has 0 saturated heterocycles. The van der Waals surface area contributed by atoms with Gasteiger partial charge in [-0.1, -0.05) is 57.8 Å². The van der Waals surface area contributed by atoms with Gasteiger partial charge in [0, 0.05) is 19.4 Å². The van der Waals surface area contributed by atoms with Crippen molar-refractivity contribution in [3.8, 4) is 17.0 Å². The monoisotopic (exact) mass is 536 g/mol. The first-order valence-electron chi connectivity index (χ1n) is 9.20. The van der Waals surface area contributed by atoms with Crippen molar-refractivity contribution < 1.29 is 9.53 Å². The van der Waals surface area contributed by atoms with Crippen LogP contribution in [0.15, 0.2) is 45.3 Å². The highest BCUT2D eigenvalue weighted by Crippen LogP contribution is 2.33. The van der Waals surface area contributed by atoms with Crippen LogP contribution in [0.3, 0.4) is 0 Å². The molecule has 0 aliphatic rings. The standard InChI is InChI=1S/C22H22Br2N2O2S/c1-12(2)17-10-18(24)13(3)9-19(17)28-11-20(27)25-22-26-21(14(4)29-22)15-5-7-16(23)8-6-15/h5-10,12H,11H2,1-4H3,(H,25,26,27). The quantitative estimate of drug-likeness (QED) is 0.365. The lowest BCUT2D eigenvalue weighted by atomic mass is 10.0. The van der Waals surface area contributed by atoms with Crippen LogP contribution < -0.4 is 10.1 Å². The van der Waals surface area contributed by atoms with Crippen molar-refractivity contribution >= 4 is 54.2 Å². The number of benzene rings is 2. The van der Waals surface area contributed by atoms with Gasteiger partial charge < -0.3 is 4.74 Å². The number of thiazole rings is 1. The number of rotatable bonds is 6. The number of carbonyl (C=O) groups excluding carboxylic acids is 1. The number of carbonyl (C=O) groups is 1. The van der Waals surface area contributed by atoms with Gasteiger partial charge in [-0.15, -0.1) is 11.3 Å². The molecule has 1 aromatic heterocycles. The lowest BCUT2D eigenvalue weighted by Crippen LogP contribution is -2.20. The zero-order valence-corrected chi connectivity index (χ0v) is 20.7. The highest BCUT2D eigenvalue weighted by molar-refractivity contribution is 9.10. The highest BCUT2D eigenvalue weighted by atomic mass is 79.9. The van der Waals surface area contributed by atoms with Crippen LogP contribution in [-0.4, -0.2) is 17.5 Å². The van der Waals surface area contributed by atoms with Gasteiger partial charge in [-0.05, 0) is 55.2 Å². The summed E-state index contributed by atoms with van der Waals surface area (Å²) < 4.78 is 7.90. The molecule has 2 aromatic carbocycles. The van der Waals surface area contributed by atoms with Crippen LogP contribution in [0.1, 0.15) is 35.8 Å². The minimum Gasteiger partial charge on any atom is -0.483 e. The second-order valence-electron chi connectivity index (χ2n) is 7.06. The second kappa shape index (κ2) is 9.41. The maximum Gasteiger partial charge on any atom is 0.264 e. The maximum atomic E-state index is 12.4. The lowest BCUT2D eigenvalue weighted by molar-refractivity contribution is -0.118. The van der Waals surface area contributed by atoms with Gasteiger partial charge in [0.1, 0.15) is 5.75 Å². The van der Waals surface area contributed by atoms with Gasteiger partial charge >= 0.3 is 0 Å². The molecule has 0 bridgehead atoms. The van der Waals surface area contributed by atoms with E-state index < -0.39 is 0 Å². The fourth-order valence-corrected chi connectivity index (χ4v) is 4.35.